The van der Waals surface area contributed by atoms with Gasteiger partial charge in [-0.2, -0.15) is 9.15 Å². The Kier molecular flexibility index (Phi) is 24.1. The Balaban J connectivity index is 0.000000410. The van der Waals surface area contributed by atoms with Crippen LogP contribution in [0.5, 0.6) is 0 Å². The third-order valence-electron chi connectivity index (χ3n) is 15.5. The number of aliphatic hydroxyl groups excluding tert-OH is 14. The van der Waals surface area contributed by atoms with Crippen molar-refractivity contribution in [2.75, 3.05) is 106 Å². The maximum Gasteiger partial charge on any atom is 0.251 e. The van der Waals surface area contributed by atoms with Crippen molar-refractivity contribution in [1.82, 2.24) is 21.3 Å². The summed E-state index contributed by atoms with van der Waals surface area (Å²) in [6, 6.07) is 17.2. The number of fused-ring (bicyclic) bond motifs is 6. The van der Waals surface area contributed by atoms with Crippen LogP contribution in [0.25, 0.3) is 21.5 Å². The average molecular weight is 1130 g/mol. The van der Waals surface area contributed by atoms with E-state index in [1.165, 1.54) is 6.07 Å². The molecule has 0 fully saturated rings. The monoisotopic (exact) mass is 1130 g/mol. The van der Waals surface area contributed by atoms with Crippen LogP contribution >= 0.6 is 0 Å². The third kappa shape index (κ3) is 13.2. The van der Waals surface area contributed by atoms with Crippen molar-refractivity contribution >= 4 is 68.0 Å². The minimum Gasteiger partial charge on any atom is -0.395 e. The van der Waals surface area contributed by atoms with Gasteiger partial charge < -0.3 is 92.8 Å². The smallest absolute Gasteiger partial charge is 0.251 e. The van der Waals surface area contributed by atoms with Crippen LogP contribution in [0.1, 0.15) is 87.2 Å². The molecule has 2 aliphatic heterocycles. The minimum atomic E-state index is -1.60. The molecule has 24 heteroatoms. The van der Waals surface area contributed by atoms with Crippen LogP contribution in [0.3, 0.4) is 0 Å². The molecule has 444 valence electrons. The number of carbonyl (C=O) groups excluding carboxylic acids is 4. The number of nitrogens with zero attached hydrogens (tertiary/aromatic N) is 2. The molecule has 0 saturated carbocycles. The summed E-state index contributed by atoms with van der Waals surface area (Å²) in [5.41, 5.74) is -2.47. The second kappa shape index (κ2) is 28.2. The fraction of sp³-hybridized carbons (Fsp3) is 0.536. The summed E-state index contributed by atoms with van der Waals surface area (Å²) < 4.78 is 3.84. The molecule has 24 nitrogen and oxygen atoms in total. The minimum absolute atomic E-state index is 0. The molecule has 0 aliphatic carbocycles. The molecule has 0 saturated heterocycles. The lowest BCUT2D eigenvalue weighted by atomic mass is 9.77. The van der Waals surface area contributed by atoms with Crippen molar-refractivity contribution in [3.05, 3.63) is 82.9 Å². The fourth-order valence-electron chi connectivity index (χ4n) is 9.70. The number of rotatable bonds is 26. The molecular weight excluding hydrogens is 1040 g/mol. The Morgan fingerprint density at radius 1 is 0.438 bits per heavy atom. The molecule has 0 aromatic heterocycles. The van der Waals surface area contributed by atoms with Crippen LogP contribution in [-0.2, 0) is 20.4 Å². The summed E-state index contributed by atoms with van der Waals surface area (Å²) >= 11 is 0. The van der Waals surface area contributed by atoms with Gasteiger partial charge in [-0.1, -0.05) is 27.0 Å². The summed E-state index contributed by atoms with van der Waals surface area (Å²) in [5, 5.41) is 148. The molecule has 2 aliphatic rings. The van der Waals surface area contributed by atoms with Crippen molar-refractivity contribution in [2.24, 2.45) is 0 Å². The first-order valence-corrected chi connectivity index (χ1v) is 25.2. The van der Waals surface area contributed by atoms with Gasteiger partial charge in [-0.3, -0.25) is 19.2 Å². The van der Waals surface area contributed by atoms with Crippen molar-refractivity contribution < 1.29 is 99.8 Å². The van der Waals surface area contributed by atoms with Crippen LogP contribution in [-0.4, -0.2) is 243 Å². The highest BCUT2D eigenvalue weighted by Gasteiger charge is 2.51. The molecular formula is C56H84N6O18+2. The van der Waals surface area contributed by atoms with Gasteiger partial charge in [0.2, 0.25) is 23.2 Å². The van der Waals surface area contributed by atoms with Gasteiger partial charge in [0.25, 0.3) is 11.8 Å². The lowest BCUT2D eigenvalue weighted by Crippen LogP contribution is -2.57. The molecule has 2 heterocycles. The van der Waals surface area contributed by atoms with Crippen molar-refractivity contribution in [1.29, 1.82) is 0 Å². The lowest BCUT2D eigenvalue weighted by Gasteiger charge is -2.28. The molecule has 80 heavy (non-hydrogen) atoms. The highest BCUT2D eigenvalue weighted by Crippen LogP contribution is 2.45. The molecule has 0 radical (unpaired) electrons. The Bertz CT molecular complexity index is 2850. The fourth-order valence-corrected chi connectivity index (χ4v) is 9.70. The molecule has 4 aromatic carbocycles. The maximum absolute atomic E-state index is 12.8. The van der Waals surface area contributed by atoms with E-state index >= 15 is 0 Å². The first kappa shape index (κ1) is 68.3. The maximum atomic E-state index is 12.8. The van der Waals surface area contributed by atoms with E-state index in [4.69, 9.17) is 0 Å². The number of nitrogens with one attached hydrogen (secondary N) is 4. The first-order chi connectivity index (χ1) is 37.0. The van der Waals surface area contributed by atoms with Gasteiger partial charge in [-0.25, -0.2) is 0 Å². The number of amides is 4. The second-order valence-corrected chi connectivity index (χ2v) is 20.8. The highest BCUT2D eigenvalue weighted by atomic mass is 16.3. The lowest BCUT2D eigenvalue weighted by molar-refractivity contribution is -0.438. The van der Waals surface area contributed by atoms with E-state index in [0.29, 0.717) is 39.8 Å². The van der Waals surface area contributed by atoms with E-state index in [-0.39, 0.29) is 45.2 Å². The van der Waals surface area contributed by atoms with E-state index in [9.17, 15) is 90.7 Å². The van der Waals surface area contributed by atoms with Crippen LogP contribution in [0.15, 0.2) is 60.7 Å². The molecule has 0 bridgehead atoms. The molecule has 18 N–H and O–H groups in total. The zero-order valence-electron chi connectivity index (χ0n) is 44.3. The zero-order valence-corrected chi connectivity index (χ0v) is 44.3. The molecule has 0 unspecified atom stereocenters. The largest absolute Gasteiger partial charge is 0.395 e. The number of hydrogen-bond acceptors (Lipinski definition) is 18. The number of benzene rings is 4. The van der Waals surface area contributed by atoms with Gasteiger partial charge in [-0.15, -0.1) is 0 Å². The zero-order chi connectivity index (χ0) is 58.0. The molecule has 0 spiro atoms. The predicted molar refractivity (Wildman–Crippen MR) is 298 cm³/mol. The topological polar surface area (TPSA) is 406 Å². The van der Waals surface area contributed by atoms with Crippen molar-refractivity contribution in [3.63, 3.8) is 0 Å². The van der Waals surface area contributed by atoms with E-state index in [1.807, 2.05) is 29.7 Å². The number of carbonyl (C=O) groups is 4. The van der Waals surface area contributed by atoms with Crippen molar-refractivity contribution in [3.8, 4) is 0 Å². The highest BCUT2D eigenvalue weighted by molar-refractivity contribution is 6.06. The van der Waals surface area contributed by atoms with E-state index in [0.717, 1.165) is 27.7 Å². The average Bonchev–Trinajstić information content (AvgIpc) is 3.83. The van der Waals surface area contributed by atoms with Crippen LogP contribution < -0.4 is 21.3 Å². The quantitative estimate of drug-likeness (QED) is 0.0279. The normalized spacial score (nSPS) is 14.6. The van der Waals surface area contributed by atoms with E-state index < -0.39 is 144 Å². The van der Waals surface area contributed by atoms with Crippen molar-refractivity contribution in [2.45, 2.75) is 88.4 Å². The Hall–Kier alpha value is -5.94. The molecule has 6 rings (SSSR count). The first-order valence-electron chi connectivity index (χ1n) is 25.2. The summed E-state index contributed by atoms with van der Waals surface area (Å²) in [4.78, 5) is 50.9. The molecule has 0 atom stereocenters. The van der Waals surface area contributed by atoms with Crippen LogP contribution in [0.2, 0.25) is 0 Å². The van der Waals surface area contributed by atoms with Gasteiger partial charge >= 0.3 is 0 Å². The summed E-state index contributed by atoms with van der Waals surface area (Å²) in [6.07, 6.45) is -0.0288. The van der Waals surface area contributed by atoms with Gasteiger partial charge in [0.05, 0.1) is 116 Å². The summed E-state index contributed by atoms with van der Waals surface area (Å²) in [6.45, 7) is -0.186. The van der Waals surface area contributed by atoms with Gasteiger partial charge in [0, 0.05) is 42.7 Å². The van der Waals surface area contributed by atoms with E-state index in [2.05, 4.69) is 35.1 Å². The van der Waals surface area contributed by atoms with Crippen LogP contribution in [0.4, 0.5) is 11.4 Å². The Labute approximate surface area is 464 Å². The van der Waals surface area contributed by atoms with E-state index in [1.54, 1.807) is 47.9 Å². The second-order valence-electron chi connectivity index (χ2n) is 20.8. The summed E-state index contributed by atoms with van der Waals surface area (Å²) in [5.74, 6) is -2.11. The van der Waals surface area contributed by atoms with Gasteiger partial charge in [0.15, 0.2) is 24.5 Å². The van der Waals surface area contributed by atoms with Gasteiger partial charge in [-0.05, 0) is 71.8 Å². The van der Waals surface area contributed by atoms with Gasteiger partial charge in [0.1, 0.15) is 27.6 Å². The molecule has 4 amide bonds. The number of hydrogen-bond donors (Lipinski definition) is 18. The summed E-state index contributed by atoms with van der Waals surface area (Å²) in [7, 11) is 0. The Morgan fingerprint density at radius 2 is 0.750 bits per heavy atom. The SMILES string of the molecule is C.C.CC1=[N+](CCC(=O)NC(CO)(CO)CO)c2ccc3cc(C(=O)NC(CO)(CO)CO)ccc3c2C1(C)C.CC1=[N+](CCC(=O)NC(CO)(CO)CO)c2ccc3cc(C(=O)NC(CO)(CO)CO)ccc3c2C1(CO)CO. The number of aliphatic hydroxyl groups is 14. The van der Waals surface area contributed by atoms with Crippen LogP contribution in [0, 0.1) is 0 Å². The molecule has 4 aromatic rings. The predicted octanol–water partition coefficient (Wildman–Crippen LogP) is -2.98. The third-order valence-corrected chi connectivity index (χ3v) is 15.5. The standard InChI is InChI=1S/C27H37N3O10.C27H37N3O8.2CH4/c1-17-27(15-37,16-38)23-20-4-2-19(24(40)29-26(12-34,13-35)14-36)8-18(20)3-5-21(23)30(17)7-6-22(39)28-25(9-31,10-32)11-33;1-17-25(2,3)23-20-6-4-19(24(38)29-27(14-34,15-35)16-36)10-18(20)5-7-21(23)30(17)9-8-22(37)28-26(11-31,12-32)13-33;;/h2-5,8,31-38H,6-7,9-16H2,1H3,(H-,28,29,39,40);4-7,10,31-36H,8-9,11-16H2,1-3H3,(H-,28,29,37,38);2*1H4/p+2. The Morgan fingerprint density at radius 3 is 1.09 bits per heavy atom.